The molecule has 1 atom stereocenters. The van der Waals surface area contributed by atoms with Crippen LogP contribution in [0.25, 0.3) is 0 Å². The monoisotopic (exact) mass is 344 g/mol. The van der Waals surface area contributed by atoms with Crippen molar-refractivity contribution in [1.29, 1.82) is 0 Å². The van der Waals surface area contributed by atoms with Gasteiger partial charge in [-0.05, 0) is 43.7 Å². The lowest BCUT2D eigenvalue weighted by Crippen LogP contribution is -2.40. The van der Waals surface area contributed by atoms with Gasteiger partial charge >= 0.3 is 0 Å². The number of hydrogen-bond acceptors (Lipinski definition) is 4. The lowest BCUT2D eigenvalue weighted by atomic mass is 10.1. The minimum atomic E-state index is 0.279. The third kappa shape index (κ3) is 3.39. The number of hydrogen-bond donors (Lipinski definition) is 0. The molecule has 0 radical (unpaired) electrons. The summed E-state index contributed by atoms with van der Waals surface area (Å²) >= 11 is 1.74. The molecule has 128 valence electrons. The number of carbonyl (C=O) groups is 1. The second kappa shape index (κ2) is 6.69. The summed E-state index contributed by atoms with van der Waals surface area (Å²) in [5.41, 5.74) is 1.24. The lowest BCUT2D eigenvalue weighted by molar-refractivity contribution is -0.133. The van der Waals surface area contributed by atoms with Crippen molar-refractivity contribution in [2.24, 2.45) is 7.05 Å². The Morgan fingerprint density at radius 1 is 1.42 bits per heavy atom. The molecule has 0 N–H and O–H groups in total. The molecule has 1 aliphatic carbocycles. The SMILES string of the molecule is Cn1cc([C@H]2CCCN2CC(=O)N(Cc2cccs2)C2CC2)cn1. The second-order valence-electron chi connectivity index (χ2n) is 6.91. The van der Waals surface area contributed by atoms with E-state index in [1.165, 1.54) is 10.4 Å². The van der Waals surface area contributed by atoms with E-state index < -0.39 is 0 Å². The smallest absolute Gasteiger partial charge is 0.237 e. The highest BCUT2D eigenvalue weighted by Gasteiger charge is 2.35. The Balaban J connectivity index is 1.43. The maximum absolute atomic E-state index is 13.0. The molecule has 0 aromatic carbocycles. The molecule has 0 unspecified atom stereocenters. The number of aromatic nitrogens is 2. The fraction of sp³-hybridized carbons (Fsp3) is 0.556. The van der Waals surface area contributed by atoms with Crippen molar-refractivity contribution in [3.8, 4) is 0 Å². The molecule has 1 saturated carbocycles. The number of amides is 1. The van der Waals surface area contributed by atoms with Gasteiger partial charge in [-0.1, -0.05) is 6.07 Å². The molecule has 2 aromatic heterocycles. The lowest BCUT2D eigenvalue weighted by Gasteiger charge is -2.28. The van der Waals surface area contributed by atoms with Crippen LogP contribution in [0.4, 0.5) is 0 Å². The Bertz CT molecular complexity index is 692. The van der Waals surface area contributed by atoms with Gasteiger partial charge in [-0.3, -0.25) is 14.4 Å². The van der Waals surface area contributed by atoms with Gasteiger partial charge in [0.05, 0.1) is 19.3 Å². The number of aryl methyl sites for hydroxylation is 1. The van der Waals surface area contributed by atoms with Crippen molar-refractivity contribution in [3.63, 3.8) is 0 Å². The van der Waals surface area contributed by atoms with E-state index in [0.717, 1.165) is 38.8 Å². The molecular weight excluding hydrogens is 320 g/mol. The van der Waals surface area contributed by atoms with Gasteiger partial charge in [-0.25, -0.2) is 0 Å². The highest BCUT2D eigenvalue weighted by molar-refractivity contribution is 7.09. The molecule has 0 bridgehead atoms. The number of thiophene rings is 1. The summed E-state index contributed by atoms with van der Waals surface area (Å²) < 4.78 is 1.85. The third-order valence-corrected chi connectivity index (χ3v) is 5.89. The molecule has 1 saturated heterocycles. The topological polar surface area (TPSA) is 41.4 Å². The molecule has 3 heterocycles. The molecule has 2 fully saturated rings. The first-order valence-electron chi connectivity index (χ1n) is 8.75. The van der Waals surface area contributed by atoms with Crippen molar-refractivity contribution >= 4 is 17.2 Å². The fourth-order valence-corrected chi connectivity index (χ4v) is 4.35. The van der Waals surface area contributed by atoms with Crippen LogP contribution in [0.15, 0.2) is 29.9 Å². The zero-order valence-electron chi connectivity index (χ0n) is 14.1. The van der Waals surface area contributed by atoms with E-state index in [-0.39, 0.29) is 5.91 Å². The maximum atomic E-state index is 13.0. The first-order chi connectivity index (χ1) is 11.7. The Labute approximate surface area is 146 Å². The summed E-state index contributed by atoms with van der Waals surface area (Å²) in [6.45, 7) is 2.30. The van der Waals surface area contributed by atoms with E-state index in [1.54, 1.807) is 11.3 Å². The summed E-state index contributed by atoms with van der Waals surface area (Å²) in [5.74, 6) is 0.279. The van der Waals surface area contributed by atoms with Crippen LogP contribution in [0.3, 0.4) is 0 Å². The summed E-state index contributed by atoms with van der Waals surface area (Å²) in [5, 5.41) is 6.38. The Hall–Kier alpha value is -1.66. The van der Waals surface area contributed by atoms with Crippen molar-refractivity contribution in [1.82, 2.24) is 19.6 Å². The van der Waals surface area contributed by atoms with Crippen LogP contribution in [0, 0.1) is 0 Å². The van der Waals surface area contributed by atoms with E-state index >= 15 is 0 Å². The predicted molar refractivity (Wildman–Crippen MR) is 94.6 cm³/mol. The molecule has 2 aromatic rings. The summed E-state index contributed by atoms with van der Waals surface area (Å²) in [4.78, 5) is 18.7. The van der Waals surface area contributed by atoms with Crippen LogP contribution in [0.2, 0.25) is 0 Å². The minimum Gasteiger partial charge on any atom is -0.333 e. The number of nitrogens with zero attached hydrogens (tertiary/aromatic N) is 4. The number of likely N-dealkylation sites (tertiary alicyclic amines) is 1. The maximum Gasteiger partial charge on any atom is 0.237 e. The second-order valence-corrected chi connectivity index (χ2v) is 7.94. The van der Waals surface area contributed by atoms with Gasteiger partial charge in [-0.15, -0.1) is 11.3 Å². The van der Waals surface area contributed by atoms with Crippen molar-refractivity contribution in [2.75, 3.05) is 13.1 Å². The molecule has 6 heteroatoms. The van der Waals surface area contributed by atoms with Gasteiger partial charge < -0.3 is 4.90 Å². The van der Waals surface area contributed by atoms with E-state index in [4.69, 9.17) is 0 Å². The van der Waals surface area contributed by atoms with Crippen LogP contribution in [0.5, 0.6) is 0 Å². The summed E-state index contributed by atoms with van der Waals surface area (Å²) in [7, 11) is 1.95. The average Bonchev–Trinajstić information content (AvgIpc) is 2.96. The Kier molecular flexibility index (Phi) is 4.41. The van der Waals surface area contributed by atoms with Crippen LogP contribution in [0.1, 0.15) is 42.2 Å². The van der Waals surface area contributed by atoms with Crippen LogP contribution in [-0.4, -0.2) is 44.6 Å². The van der Waals surface area contributed by atoms with Gasteiger partial charge in [0, 0.05) is 35.8 Å². The average molecular weight is 344 g/mol. The molecule has 2 aliphatic rings. The van der Waals surface area contributed by atoms with E-state index in [2.05, 4.69) is 38.6 Å². The van der Waals surface area contributed by atoms with Crippen LogP contribution >= 0.6 is 11.3 Å². The zero-order valence-corrected chi connectivity index (χ0v) is 14.9. The Morgan fingerprint density at radius 3 is 2.96 bits per heavy atom. The van der Waals surface area contributed by atoms with Crippen LogP contribution in [-0.2, 0) is 18.4 Å². The molecule has 1 amide bonds. The molecular formula is C18H24N4OS. The number of rotatable bonds is 6. The summed E-state index contributed by atoms with van der Waals surface area (Å²) in [6, 6.07) is 4.99. The third-order valence-electron chi connectivity index (χ3n) is 5.03. The molecule has 1 aliphatic heterocycles. The molecule has 5 nitrogen and oxygen atoms in total. The molecule has 4 rings (SSSR count). The predicted octanol–water partition coefficient (Wildman–Crippen LogP) is 2.81. The van der Waals surface area contributed by atoms with Crippen molar-refractivity contribution < 1.29 is 4.79 Å². The van der Waals surface area contributed by atoms with Crippen LogP contribution < -0.4 is 0 Å². The van der Waals surface area contributed by atoms with Gasteiger partial charge in [0.2, 0.25) is 5.91 Å². The largest absolute Gasteiger partial charge is 0.333 e. The normalized spacial score (nSPS) is 21.3. The highest BCUT2D eigenvalue weighted by Crippen LogP contribution is 2.33. The summed E-state index contributed by atoms with van der Waals surface area (Å²) in [6.07, 6.45) is 8.61. The first kappa shape index (κ1) is 15.8. The Morgan fingerprint density at radius 2 is 2.29 bits per heavy atom. The van der Waals surface area contributed by atoms with Gasteiger partial charge in [0.25, 0.3) is 0 Å². The van der Waals surface area contributed by atoms with E-state index in [0.29, 0.717) is 18.6 Å². The zero-order chi connectivity index (χ0) is 16.5. The highest BCUT2D eigenvalue weighted by atomic mass is 32.1. The number of carbonyl (C=O) groups excluding carboxylic acids is 1. The fourth-order valence-electron chi connectivity index (χ4n) is 3.65. The van der Waals surface area contributed by atoms with E-state index in [9.17, 15) is 4.79 Å². The van der Waals surface area contributed by atoms with Gasteiger partial charge in [0.1, 0.15) is 0 Å². The molecule has 24 heavy (non-hydrogen) atoms. The molecule has 0 spiro atoms. The van der Waals surface area contributed by atoms with Gasteiger partial charge in [-0.2, -0.15) is 5.10 Å². The minimum absolute atomic E-state index is 0.279. The standard InChI is InChI=1S/C18H24N4OS/c1-20-11-14(10-19-20)17-5-2-8-21(17)13-18(23)22(15-6-7-15)12-16-4-3-9-24-16/h3-4,9-11,15,17H,2,5-8,12-13H2,1H3/t17-/m1/s1. The van der Waals surface area contributed by atoms with Crippen molar-refractivity contribution in [3.05, 3.63) is 40.3 Å². The van der Waals surface area contributed by atoms with Crippen molar-refractivity contribution in [2.45, 2.75) is 44.3 Å². The quantitative estimate of drug-likeness (QED) is 0.809. The van der Waals surface area contributed by atoms with E-state index in [1.807, 2.05) is 17.9 Å². The first-order valence-corrected chi connectivity index (χ1v) is 9.63. The van der Waals surface area contributed by atoms with Gasteiger partial charge in [0.15, 0.2) is 0 Å².